The van der Waals surface area contributed by atoms with Crippen LogP contribution >= 0.6 is 0 Å². The molecule has 2 atom stereocenters. The van der Waals surface area contributed by atoms with Crippen molar-refractivity contribution in [2.75, 3.05) is 0 Å². The first-order chi connectivity index (χ1) is 5.65. The molecule has 0 fully saturated rings. The zero-order chi connectivity index (χ0) is 9.14. The van der Waals surface area contributed by atoms with Crippen LogP contribution in [0.2, 0.25) is 0 Å². The first-order valence-corrected chi connectivity index (χ1v) is 4.20. The van der Waals surface area contributed by atoms with E-state index in [1.165, 1.54) is 0 Å². The third-order valence-electron chi connectivity index (χ3n) is 2.07. The van der Waals surface area contributed by atoms with Gasteiger partial charge in [-0.15, -0.1) is 0 Å². The number of aliphatic hydroxyl groups is 1. The molecule has 0 aliphatic rings. The first-order valence-electron chi connectivity index (χ1n) is 4.20. The molecule has 68 valence electrons. The Labute approximate surface area is 72.8 Å². The van der Waals surface area contributed by atoms with Crippen molar-refractivity contribution < 1.29 is 5.11 Å². The Kier molecular flexibility index (Phi) is 2.89. The predicted molar refractivity (Wildman–Crippen MR) is 48.6 cm³/mol. The summed E-state index contributed by atoms with van der Waals surface area (Å²) in [5.41, 5.74) is 6.59. The first kappa shape index (κ1) is 9.29. The molecule has 3 heteroatoms. The fourth-order valence-corrected chi connectivity index (χ4v) is 1.17. The molecular formula is C9H16N2O. The lowest BCUT2D eigenvalue weighted by Gasteiger charge is -2.15. The minimum atomic E-state index is -0.531. The van der Waals surface area contributed by atoms with Crippen LogP contribution in [0.3, 0.4) is 0 Å². The number of nitrogens with zero attached hydrogens (tertiary/aromatic N) is 1. The number of hydrogen-bond donors (Lipinski definition) is 2. The van der Waals surface area contributed by atoms with Crippen molar-refractivity contribution in [3.63, 3.8) is 0 Å². The van der Waals surface area contributed by atoms with Crippen LogP contribution < -0.4 is 5.73 Å². The predicted octanol–water partition coefficient (Wildman–Crippen LogP) is 0.796. The van der Waals surface area contributed by atoms with Crippen LogP contribution in [-0.4, -0.2) is 15.7 Å². The lowest BCUT2D eigenvalue weighted by molar-refractivity contribution is 0.144. The van der Waals surface area contributed by atoms with Gasteiger partial charge in [0.15, 0.2) is 0 Å². The summed E-state index contributed by atoms with van der Waals surface area (Å²) in [6.07, 6.45) is 4.05. The molecule has 12 heavy (non-hydrogen) atoms. The van der Waals surface area contributed by atoms with Gasteiger partial charge < -0.3 is 15.4 Å². The van der Waals surface area contributed by atoms with Crippen molar-refractivity contribution in [2.45, 2.75) is 25.5 Å². The van der Waals surface area contributed by atoms with E-state index in [2.05, 4.69) is 0 Å². The van der Waals surface area contributed by atoms with Crippen LogP contribution in [0.25, 0.3) is 0 Å². The minimum Gasteiger partial charge on any atom is -0.387 e. The van der Waals surface area contributed by atoms with Gasteiger partial charge in [-0.05, 0) is 18.1 Å². The van der Waals surface area contributed by atoms with E-state index >= 15 is 0 Å². The van der Waals surface area contributed by atoms with Crippen LogP contribution in [0.5, 0.6) is 0 Å². The average Bonchev–Trinajstić information content (AvgIpc) is 2.49. The highest BCUT2D eigenvalue weighted by atomic mass is 16.3. The lowest BCUT2D eigenvalue weighted by Crippen LogP contribution is -2.27. The molecule has 0 saturated carbocycles. The zero-order valence-electron chi connectivity index (χ0n) is 7.57. The maximum absolute atomic E-state index is 9.66. The van der Waals surface area contributed by atoms with E-state index in [0.717, 1.165) is 12.0 Å². The van der Waals surface area contributed by atoms with Gasteiger partial charge in [0.2, 0.25) is 0 Å². The van der Waals surface area contributed by atoms with E-state index in [1.807, 2.05) is 37.0 Å². The summed E-state index contributed by atoms with van der Waals surface area (Å²) in [5.74, 6) is 0. The summed E-state index contributed by atoms with van der Waals surface area (Å²) in [6, 6.07) is 1.73. The molecule has 0 bridgehead atoms. The fourth-order valence-electron chi connectivity index (χ4n) is 1.17. The molecule has 0 spiro atoms. The Balaban J connectivity index is 2.70. The summed E-state index contributed by atoms with van der Waals surface area (Å²) in [7, 11) is 1.92. The van der Waals surface area contributed by atoms with Gasteiger partial charge in [0.05, 0.1) is 6.10 Å². The van der Waals surface area contributed by atoms with Gasteiger partial charge in [0.1, 0.15) is 0 Å². The molecule has 1 rings (SSSR count). The van der Waals surface area contributed by atoms with E-state index < -0.39 is 6.10 Å². The summed E-state index contributed by atoms with van der Waals surface area (Å²) >= 11 is 0. The zero-order valence-corrected chi connectivity index (χ0v) is 7.57. The summed E-state index contributed by atoms with van der Waals surface area (Å²) in [6.45, 7) is 1.97. The van der Waals surface area contributed by atoms with Crippen molar-refractivity contribution in [2.24, 2.45) is 12.8 Å². The maximum Gasteiger partial charge on any atom is 0.0955 e. The largest absolute Gasteiger partial charge is 0.387 e. The number of aromatic nitrogens is 1. The molecule has 0 saturated heterocycles. The van der Waals surface area contributed by atoms with Crippen LogP contribution in [0.1, 0.15) is 25.0 Å². The molecule has 3 N–H and O–H groups in total. The lowest BCUT2D eigenvalue weighted by atomic mass is 10.0. The Morgan fingerprint density at radius 1 is 1.67 bits per heavy atom. The van der Waals surface area contributed by atoms with E-state index in [0.29, 0.717) is 0 Å². The maximum atomic E-state index is 9.66. The molecular weight excluding hydrogens is 152 g/mol. The van der Waals surface area contributed by atoms with Crippen molar-refractivity contribution >= 4 is 0 Å². The standard InChI is InChI=1S/C9H16N2O/c1-3-8(10)9(12)7-4-5-11(2)6-7/h4-6,8-9,12H,3,10H2,1-2H3. The minimum absolute atomic E-state index is 0.160. The SMILES string of the molecule is CCC(N)C(O)c1ccn(C)c1. The Morgan fingerprint density at radius 2 is 2.33 bits per heavy atom. The fraction of sp³-hybridized carbons (Fsp3) is 0.556. The second-order valence-corrected chi connectivity index (χ2v) is 3.13. The number of rotatable bonds is 3. The van der Waals surface area contributed by atoms with Gasteiger partial charge >= 0.3 is 0 Å². The smallest absolute Gasteiger partial charge is 0.0955 e. The van der Waals surface area contributed by atoms with Gasteiger partial charge in [-0.3, -0.25) is 0 Å². The molecule has 3 nitrogen and oxygen atoms in total. The monoisotopic (exact) mass is 168 g/mol. The van der Waals surface area contributed by atoms with Crippen molar-refractivity contribution in [3.8, 4) is 0 Å². The van der Waals surface area contributed by atoms with Crippen molar-refractivity contribution in [1.82, 2.24) is 4.57 Å². The summed E-state index contributed by atoms with van der Waals surface area (Å²) < 4.78 is 1.90. The van der Waals surface area contributed by atoms with Gasteiger partial charge in [0.25, 0.3) is 0 Å². The second kappa shape index (κ2) is 3.74. The summed E-state index contributed by atoms with van der Waals surface area (Å²) in [4.78, 5) is 0. The molecule has 0 aliphatic heterocycles. The highest BCUT2D eigenvalue weighted by molar-refractivity contribution is 5.14. The topological polar surface area (TPSA) is 51.2 Å². The molecule has 0 radical (unpaired) electrons. The van der Waals surface area contributed by atoms with Gasteiger partial charge in [0, 0.05) is 25.5 Å². The second-order valence-electron chi connectivity index (χ2n) is 3.13. The average molecular weight is 168 g/mol. The highest BCUT2D eigenvalue weighted by Crippen LogP contribution is 2.16. The molecule has 0 amide bonds. The molecule has 1 aromatic rings. The number of aryl methyl sites for hydroxylation is 1. The Hall–Kier alpha value is -0.800. The van der Waals surface area contributed by atoms with Gasteiger partial charge in [-0.2, -0.15) is 0 Å². The summed E-state index contributed by atoms with van der Waals surface area (Å²) in [5, 5.41) is 9.66. The van der Waals surface area contributed by atoms with E-state index in [1.54, 1.807) is 0 Å². The molecule has 0 aliphatic carbocycles. The third-order valence-corrected chi connectivity index (χ3v) is 2.07. The third kappa shape index (κ3) is 1.87. The van der Waals surface area contributed by atoms with Gasteiger partial charge in [-0.1, -0.05) is 6.92 Å². The highest BCUT2D eigenvalue weighted by Gasteiger charge is 2.15. The Bertz CT molecular complexity index is 244. The van der Waals surface area contributed by atoms with E-state index in [9.17, 15) is 5.11 Å². The van der Waals surface area contributed by atoms with Crippen molar-refractivity contribution in [3.05, 3.63) is 24.0 Å². The molecule has 2 unspecified atom stereocenters. The normalized spacial score (nSPS) is 16.0. The van der Waals surface area contributed by atoms with Gasteiger partial charge in [-0.25, -0.2) is 0 Å². The number of nitrogens with two attached hydrogens (primary N) is 1. The van der Waals surface area contributed by atoms with Crippen LogP contribution in [0, 0.1) is 0 Å². The molecule has 1 heterocycles. The van der Waals surface area contributed by atoms with Crippen molar-refractivity contribution in [1.29, 1.82) is 0 Å². The van der Waals surface area contributed by atoms with E-state index in [4.69, 9.17) is 5.73 Å². The Morgan fingerprint density at radius 3 is 2.75 bits per heavy atom. The van der Waals surface area contributed by atoms with Crippen LogP contribution in [-0.2, 0) is 7.05 Å². The molecule has 1 aromatic heterocycles. The van der Waals surface area contributed by atoms with E-state index in [-0.39, 0.29) is 6.04 Å². The van der Waals surface area contributed by atoms with Crippen LogP contribution in [0.15, 0.2) is 18.5 Å². The molecule has 0 aromatic carbocycles. The quantitative estimate of drug-likeness (QED) is 0.701. The number of hydrogen-bond acceptors (Lipinski definition) is 2. The number of aliphatic hydroxyl groups excluding tert-OH is 1. The van der Waals surface area contributed by atoms with Crippen LogP contribution in [0.4, 0.5) is 0 Å².